The topological polar surface area (TPSA) is 32.8 Å². The highest BCUT2D eigenvalue weighted by Gasteiger charge is 2.34. The Hall–Kier alpha value is -1.79. The second-order valence-electron chi connectivity index (χ2n) is 6.11. The van der Waals surface area contributed by atoms with E-state index in [9.17, 15) is 4.79 Å². The summed E-state index contributed by atoms with van der Waals surface area (Å²) in [7, 11) is 1.76. The molecule has 28 heavy (non-hydrogen) atoms. The monoisotopic (exact) mass is 454 g/mol. The third-order valence-electron chi connectivity index (χ3n) is 4.31. The molecule has 146 valence electrons. The number of hydrogen-bond donors (Lipinski definition) is 0. The molecule has 1 fully saturated rings. The Morgan fingerprint density at radius 1 is 1.11 bits per heavy atom. The second-order valence-corrected chi connectivity index (χ2v) is 7.70. The van der Waals surface area contributed by atoms with E-state index in [4.69, 9.17) is 51.8 Å². The number of halogens is 3. The highest BCUT2D eigenvalue weighted by atomic mass is 35.5. The van der Waals surface area contributed by atoms with Crippen molar-refractivity contribution < 1.29 is 9.53 Å². The molecule has 1 aliphatic heterocycles. The summed E-state index contributed by atoms with van der Waals surface area (Å²) < 4.78 is 5.78. The molecule has 0 aromatic heterocycles. The van der Waals surface area contributed by atoms with Crippen molar-refractivity contribution in [3.63, 3.8) is 0 Å². The number of carbonyl (C=O) groups is 1. The van der Waals surface area contributed by atoms with Gasteiger partial charge in [0.05, 0.1) is 10.0 Å². The van der Waals surface area contributed by atoms with Crippen LogP contribution in [0.15, 0.2) is 42.1 Å². The van der Waals surface area contributed by atoms with Crippen LogP contribution in [0.5, 0.6) is 5.75 Å². The van der Waals surface area contributed by atoms with Gasteiger partial charge in [0.1, 0.15) is 12.3 Å². The average Bonchev–Trinajstić information content (AvgIpc) is 2.85. The molecule has 0 atom stereocenters. The summed E-state index contributed by atoms with van der Waals surface area (Å²) in [6, 6.07) is 10.8. The van der Waals surface area contributed by atoms with E-state index in [2.05, 4.69) is 0 Å². The fraction of sp³-hybridized carbons (Fsp3) is 0.200. The summed E-state index contributed by atoms with van der Waals surface area (Å²) in [5, 5.41) is 1.76. The lowest BCUT2D eigenvalue weighted by Crippen LogP contribution is -2.30. The smallest absolute Gasteiger partial charge is 0.276 e. The van der Waals surface area contributed by atoms with E-state index in [1.165, 1.54) is 4.90 Å². The molecule has 1 amide bonds. The molecule has 1 saturated heterocycles. The van der Waals surface area contributed by atoms with E-state index in [1.54, 1.807) is 36.2 Å². The first-order chi connectivity index (χ1) is 13.3. The van der Waals surface area contributed by atoms with Gasteiger partial charge in [-0.2, -0.15) is 0 Å². The Morgan fingerprint density at radius 2 is 1.75 bits per heavy atom. The van der Waals surface area contributed by atoms with Gasteiger partial charge in [0.25, 0.3) is 5.91 Å². The third kappa shape index (κ3) is 4.13. The van der Waals surface area contributed by atoms with Crippen LogP contribution in [-0.4, -0.2) is 34.4 Å². The van der Waals surface area contributed by atoms with E-state index in [0.29, 0.717) is 43.7 Å². The van der Waals surface area contributed by atoms with E-state index in [0.717, 1.165) is 5.56 Å². The molecule has 8 heteroatoms. The first kappa shape index (κ1) is 20.9. The Balaban J connectivity index is 1.85. The molecule has 3 rings (SSSR count). The molecule has 0 saturated carbocycles. The van der Waals surface area contributed by atoms with Gasteiger partial charge in [0, 0.05) is 24.2 Å². The van der Waals surface area contributed by atoms with Crippen molar-refractivity contribution in [1.82, 2.24) is 9.80 Å². The fourth-order valence-corrected chi connectivity index (χ4v) is 3.93. The van der Waals surface area contributed by atoms with Gasteiger partial charge in [-0.05, 0) is 49.0 Å². The number of nitrogens with zero attached hydrogens (tertiary/aromatic N) is 2. The van der Waals surface area contributed by atoms with Crippen molar-refractivity contribution >= 4 is 64.1 Å². The molecule has 0 radical (unpaired) electrons. The quantitative estimate of drug-likeness (QED) is 0.431. The van der Waals surface area contributed by atoms with Gasteiger partial charge in [0.2, 0.25) is 0 Å². The first-order valence-electron chi connectivity index (χ1n) is 8.50. The van der Waals surface area contributed by atoms with Gasteiger partial charge >= 0.3 is 0 Å². The maximum atomic E-state index is 12.5. The fourth-order valence-electron chi connectivity index (χ4n) is 2.81. The Bertz CT molecular complexity index is 955. The Morgan fingerprint density at radius 3 is 2.32 bits per heavy atom. The molecule has 2 aromatic carbocycles. The number of benzene rings is 2. The zero-order chi connectivity index (χ0) is 20.4. The Labute approximate surface area is 184 Å². The summed E-state index contributed by atoms with van der Waals surface area (Å²) >= 11 is 24.2. The summed E-state index contributed by atoms with van der Waals surface area (Å²) in [6.45, 7) is 2.62. The summed E-state index contributed by atoms with van der Waals surface area (Å²) in [5.41, 5.74) is 1.97. The predicted molar refractivity (Wildman–Crippen MR) is 118 cm³/mol. The Kier molecular flexibility index (Phi) is 6.50. The molecular formula is C20H17Cl3N2O2S. The first-order valence-corrected chi connectivity index (χ1v) is 10.0. The average molecular weight is 456 g/mol. The lowest BCUT2D eigenvalue weighted by atomic mass is 10.1. The van der Waals surface area contributed by atoms with Crippen LogP contribution in [0.3, 0.4) is 0 Å². The normalized spacial score (nSPS) is 15.7. The minimum atomic E-state index is -0.152. The largest absolute Gasteiger partial charge is 0.486 e. The number of rotatable bonds is 5. The number of ether oxygens (including phenoxy) is 1. The number of amides is 1. The second kappa shape index (κ2) is 8.70. The van der Waals surface area contributed by atoms with Gasteiger partial charge in [-0.3, -0.25) is 9.69 Å². The SMILES string of the molecule is CCN1C(=O)/C(=C/c2cc(Cl)c(OCc3ccccc3Cl)c(Cl)c2)N(C)C1=S. The molecule has 0 spiro atoms. The molecule has 1 heterocycles. The summed E-state index contributed by atoms with van der Waals surface area (Å²) in [5.74, 6) is 0.212. The van der Waals surface area contributed by atoms with Gasteiger partial charge in [-0.25, -0.2) is 0 Å². The van der Waals surface area contributed by atoms with E-state index in [-0.39, 0.29) is 12.5 Å². The standard InChI is InChI=1S/C20H17Cl3N2O2S/c1-3-25-19(26)17(24(2)20(25)28)10-12-8-15(22)18(16(23)9-12)27-11-13-6-4-5-7-14(13)21/h4-10H,3,11H2,1-2H3/b17-10-. The zero-order valence-electron chi connectivity index (χ0n) is 15.2. The van der Waals surface area contributed by atoms with Gasteiger partial charge in [-0.15, -0.1) is 0 Å². The van der Waals surface area contributed by atoms with Crippen LogP contribution in [-0.2, 0) is 11.4 Å². The maximum Gasteiger partial charge on any atom is 0.276 e. The van der Waals surface area contributed by atoms with Crippen LogP contribution in [0.1, 0.15) is 18.1 Å². The van der Waals surface area contributed by atoms with E-state index in [1.807, 2.05) is 25.1 Å². The van der Waals surface area contributed by atoms with Crippen LogP contribution < -0.4 is 4.74 Å². The van der Waals surface area contributed by atoms with Gasteiger partial charge in [0.15, 0.2) is 10.9 Å². The van der Waals surface area contributed by atoms with E-state index >= 15 is 0 Å². The highest BCUT2D eigenvalue weighted by molar-refractivity contribution is 7.80. The molecule has 0 N–H and O–H groups in total. The molecule has 0 aliphatic carbocycles. The number of likely N-dealkylation sites (N-methyl/N-ethyl adjacent to an activating group) is 2. The van der Waals surface area contributed by atoms with Crippen LogP contribution in [0.25, 0.3) is 6.08 Å². The third-order valence-corrected chi connectivity index (χ3v) is 5.74. The van der Waals surface area contributed by atoms with Crippen molar-refractivity contribution in [2.45, 2.75) is 13.5 Å². The molecule has 4 nitrogen and oxygen atoms in total. The summed E-state index contributed by atoms with van der Waals surface area (Å²) in [6.07, 6.45) is 1.71. The molecule has 2 aromatic rings. The van der Waals surface area contributed by atoms with Crippen molar-refractivity contribution in [3.05, 3.63) is 68.3 Å². The van der Waals surface area contributed by atoms with Crippen LogP contribution >= 0.6 is 47.0 Å². The highest BCUT2D eigenvalue weighted by Crippen LogP contribution is 2.36. The minimum absolute atomic E-state index is 0.152. The van der Waals surface area contributed by atoms with Crippen molar-refractivity contribution in [2.75, 3.05) is 13.6 Å². The van der Waals surface area contributed by atoms with Crippen molar-refractivity contribution in [2.24, 2.45) is 0 Å². The van der Waals surface area contributed by atoms with Crippen LogP contribution in [0.4, 0.5) is 0 Å². The molecule has 0 bridgehead atoms. The van der Waals surface area contributed by atoms with Crippen molar-refractivity contribution in [3.8, 4) is 5.75 Å². The lowest BCUT2D eigenvalue weighted by molar-refractivity contribution is -0.122. The maximum absolute atomic E-state index is 12.5. The van der Waals surface area contributed by atoms with Crippen LogP contribution in [0, 0.1) is 0 Å². The van der Waals surface area contributed by atoms with Crippen LogP contribution in [0.2, 0.25) is 15.1 Å². The number of carbonyl (C=O) groups excluding carboxylic acids is 1. The number of thiocarbonyl (C=S) groups is 1. The predicted octanol–water partition coefficient (Wildman–Crippen LogP) is 5.65. The molecule has 1 aliphatic rings. The van der Waals surface area contributed by atoms with Gasteiger partial charge in [-0.1, -0.05) is 53.0 Å². The molecule has 0 unspecified atom stereocenters. The molecular weight excluding hydrogens is 439 g/mol. The zero-order valence-corrected chi connectivity index (χ0v) is 18.3. The van der Waals surface area contributed by atoms with E-state index < -0.39 is 0 Å². The van der Waals surface area contributed by atoms with Gasteiger partial charge < -0.3 is 9.64 Å². The lowest BCUT2D eigenvalue weighted by Gasteiger charge is -2.14. The minimum Gasteiger partial charge on any atom is -0.486 e. The van der Waals surface area contributed by atoms with Crippen molar-refractivity contribution in [1.29, 1.82) is 0 Å². The summed E-state index contributed by atoms with van der Waals surface area (Å²) in [4.78, 5) is 15.7. The number of hydrogen-bond acceptors (Lipinski definition) is 3.